The number of amidine groups is 2. The Labute approximate surface area is 152 Å². The SMILES string of the molecule is CC1CN=C(NCC(O)C(O)CNC2=NCC(C)S2)S1.Cl.Cl. The minimum absolute atomic E-state index is 0. The van der Waals surface area contributed by atoms with Gasteiger partial charge in [0.05, 0.1) is 25.3 Å². The molecule has 2 aliphatic rings. The maximum atomic E-state index is 9.91. The molecule has 4 unspecified atom stereocenters. The zero-order valence-corrected chi connectivity index (χ0v) is 15.8. The number of halogens is 2. The number of aliphatic hydroxyl groups excluding tert-OH is 2. The van der Waals surface area contributed by atoms with E-state index in [-0.39, 0.29) is 24.8 Å². The van der Waals surface area contributed by atoms with Gasteiger partial charge in [-0.3, -0.25) is 9.98 Å². The molecule has 22 heavy (non-hydrogen) atoms. The summed E-state index contributed by atoms with van der Waals surface area (Å²) in [5.41, 5.74) is 0. The first-order valence-corrected chi connectivity index (χ1v) is 8.56. The summed E-state index contributed by atoms with van der Waals surface area (Å²) in [4.78, 5) is 8.61. The highest BCUT2D eigenvalue weighted by Crippen LogP contribution is 2.19. The quantitative estimate of drug-likeness (QED) is 0.552. The average Bonchev–Trinajstić information content (AvgIpc) is 3.02. The summed E-state index contributed by atoms with van der Waals surface area (Å²) in [6.45, 7) is 6.44. The molecule has 130 valence electrons. The second-order valence-corrected chi connectivity index (χ2v) is 7.90. The van der Waals surface area contributed by atoms with E-state index in [1.807, 2.05) is 0 Å². The number of thioether (sulfide) groups is 2. The normalized spacial score (nSPS) is 26.2. The molecule has 0 bridgehead atoms. The molecule has 0 aromatic heterocycles. The highest BCUT2D eigenvalue weighted by Gasteiger charge is 2.21. The van der Waals surface area contributed by atoms with Crippen LogP contribution >= 0.6 is 48.3 Å². The molecule has 2 heterocycles. The largest absolute Gasteiger partial charge is 0.389 e. The van der Waals surface area contributed by atoms with Crippen molar-refractivity contribution in [2.75, 3.05) is 26.2 Å². The molecule has 0 saturated carbocycles. The van der Waals surface area contributed by atoms with Crippen LogP contribution in [0.5, 0.6) is 0 Å². The van der Waals surface area contributed by atoms with E-state index in [0.717, 1.165) is 23.4 Å². The van der Waals surface area contributed by atoms with Gasteiger partial charge in [-0.15, -0.1) is 24.8 Å². The molecule has 2 aliphatic heterocycles. The van der Waals surface area contributed by atoms with E-state index < -0.39 is 12.2 Å². The van der Waals surface area contributed by atoms with Gasteiger partial charge in [-0.1, -0.05) is 37.4 Å². The minimum atomic E-state index is -0.828. The van der Waals surface area contributed by atoms with Crippen molar-refractivity contribution in [3.8, 4) is 0 Å². The number of nitrogens with zero attached hydrogens (tertiary/aromatic N) is 2. The van der Waals surface area contributed by atoms with Crippen molar-refractivity contribution >= 4 is 58.7 Å². The van der Waals surface area contributed by atoms with Gasteiger partial charge in [0.2, 0.25) is 0 Å². The van der Waals surface area contributed by atoms with Crippen molar-refractivity contribution in [2.45, 2.75) is 36.6 Å². The summed E-state index contributed by atoms with van der Waals surface area (Å²) in [5.74, 6) is 0. The molecule has 0 saturated heterocycles. The molecule has 0 aliphatic carbocycles. The zero-order chi connectivity index (χ0) is 14.5. The second kappa shape index (κ2) is 10.8. The van der Waals surface area contributed by atoms with Crippen LogP contribution in [-0.4, -0.2) is 69.4 Å². The van der Waals surface area contributed by atoms with Crippen molar-refractivity contribution in [3.63, 3.8) is 0 Å². The van der Waals surface area contributed by atoms with Crippen molar-refractivity contribution in [1.82, 2.24) is 10.6 Å². The summed E-state index contributed by atoms with van der Waals surface area (Å²) in [6.07, 6.45) is -1.66. The fourth-order valence-corrected chi connectivity index (χ4v) is 3.50. The van der Waals surface area contributed by atoms with Gasteiger partial charge < -0.3 is 20.8 Å². The molecule has 10 heteroatoms. The third-order valence-electron chi connectivity index (χ3n) is 2.98. The monoisotopic (exact) mass is 390 g/mol. The molecule has 0 spiro atoms. The van der Waals surface area contributed by atoms with Gasteiger partial charge in [0.15, 0.2) is 10.3 Å². The molecule has 0 radical (unpaired) electrons. The molecule has 0 amide bonds. The van der Waals surface area contributed by atoms with Crippen LogP contribution in [0.2, 0.25) is 0 Å². The highest BCUT2D eigenvalue weighted by atomic mass is 35.5. The number of aliphatic hydroxyl groups is 2. The third kappa shape index (κ3) is 7.14. The predicted octanol–water partition coefficient (Wildman–Crippen LogP) is 0.714. The number of nitrogens with one attached hydrogen (secondary N) is 2. The van der Waals surface area contributed by atoms with E-state index in [4.69, 9.17) is 0 Å². The van der Waals surface area contributed by atoms with Gasteiger partial charge in [-0.2, -0.15) is 0 Å². The lowest BCUT2D eigenvalue weighted by Gasteiger charge is -2.19. The van der Waals surface area contributed by atoms with Gasteiger partial charge in [-0.05, 0) is 0 Å². The Morgan fingerprint density at radius 1 is 0.955 bits per heavy atom. The molecule has 6 nitrogen and oxygen atoms in total. The lowest BCUT2D eigenvalue weighted by molar-refractivity contribution is 0.0262. The van der Waals surface area contributed by atoms with E-state index in [0.29, 0.717) is 23.6 Å². The van der Waals surface area contributed by atoms with E-state index in [9.17, 15) is 10.2 Å². The molecular formula is C12H24Cl2N4O2S2. The van der Waals surface area contributed by atoms with Crippen LogP contribution in [0.1, 0.15) is 13.8 Å². The molecular weight excluding hydrogens is 367 g/mol. The summed E-state index contributed by atoms with van der Waals surface area (Å²) in [7, 11) is 0. The fraction of sp³-hybridized carbons (Fsp3) is 0.833. The van der Waals surface area contributed by atoms with Crippen molar-refractivity contribution in [1.29, 1.82) is 0 Å². The maximum absolute atomic E-state index is 9.91. The number of rotatable bonds is 5. The number of hydrogen-bond donors (Lipinski definition) is 4. The maximum Gasteiger partial charge on any atom is 0.157 e. The fourth-order valence-electron chi connectivity index (χ4n) is 1.80. The Kier molecular flexibility index (Phi) is 10.9. The molecule has 0 aromatic carbocycles. The smallest absolute Gasteiger partial charge is 0.157 e. The summed E-state index contributed by atoms with van der Waals surface area (Å²) in [6, 6.07) is 0. The van der Waals surface area contributed by atoms with Gasteiger partial charge in [0.1, 0.15) is 0 Å². The number of hydrogen-bond acceptors (Lipinski definition) is 8. The van der Waals surface area contributed by atoms with Crippen molar-refractivity contribution < 1.29 is 10.2 Å². The second-order valence-electron chi connectivity index (χ2n) is 5.05. The zero-order valence-electron chi connectivity index (χ0n) is 12.6. The minimum Gasteiger partial charge on any atom is -0.389 e. The summed E-state index contributed by atoms with van der Waals surface area (Å²) in [5, 5.41) is 28.6. The van der Waals surface area contributed by atoms with E-state index >= 15 is 0 Å². The van der Waals surface area contributed by atoms with Crippen LogP contribution in [0, 0.1) is 0 Å². The Bertz CT molecular complexity index is 365. The first kappa shape index (κ1) is 22.1. The first-order chi connectivity index (χ1) is 9.54. The van der Waals surface area contributed by atoms with Crippen LogP contribution in [0.25, 0.3) is 0 Å². The molecule has 0 aromatic rings. The Hall–Kier alpha value is 0.140. The van der Waals surface area contributed by atoms with Crippen LogP contribution in [0.3, 0.4) is 0 Å². The van der Waals surface area contributed by atoms with Gasteiger partial charge in [0.25, 0.3) is 0 Å². The third-order valence-corrected chi connectivity index (χ3v) is 5.07. The van der Waals surface area contributed by atoms with Gasteiger partial charge in [-0.25, -0.2) is 0 Å². The Morgan fingerprint density at radius 3 is 1.59 bits per heavy atom. The Balaban J connectivity index is 0.00000220. The highest BCUT2D eigenvalue weighted by molar-refractivity contribution is 8.14. The number of aliphatic imine (C=N–C) groups is 2. The lowest BCUT2D eigenvalue weighted by atomic mass is 10.2. The summed E-state index contributed by atoms with van der Waals surface area (Å²) < 4.78 is 0. The lowest BCUT2D eigenvalue weighted by Crippen LogP contribution is -2.43. The van der Waals surface area contributed by atoms with Crippen LogP contribution in [0.15, 0.2) is 9.98 Å². The van der Waals surface area contributed by atoms with E-state index in [1.54, 1.807) is 23.5 Å². The first-order valence-electron chi connectivity index (χ1n) is 6.80. The standard InChI is InChI=1S/C12H22N4O2S2.2ClH/c1-7-3-13-11(19-7)15-5-9(17)10(18)6-16-12-14-4-8(2)20-12;;/h7-10,17-18H,3-6H2,1-2H3,(H,13,15)(H,14,16);2*1H. The van der Waals surface area contributed by atoms with E-state index in [2.05, 4.69) is 34.5 Å². The predicted molar refractivity (Wildman–Crippen MR) is 101 cm³/mol. The average molecular weight is 391 g/mol. The van der Waals surface area contributed by atoms with Crippen LogP contribution in [0.4, 0.5) is 0 Å². The van der Waals surface area contributed by atoms with Crippen molar-refractivity contribution in [3.05, 3.63) is 0 Å². The molecule has 4 atom stereocenters. The van der Waals surface area contributed by atoms with Gasteiger partial charge in [0, 0.05) is 23.6 Å². The van der Waals surface area contributed by atoms with Crippen molar-refractivity contribution in [2.24, 2.45) is 9.98 Å². The van der Waals surface area contributed by atoms with E-state index in [1.165, 1.54) is 0 Å². The van der Waals surface area contributed by atoms with Crippen LogP contribution in [-0.2, 0) is 0 Å². The van der Waals surface area contributed by atoms with Gasteiger partial charge >= 0.3 is 0 Å². The molecule has 4 N–H and O–H groups in total. The Morgan fingerprint density at radius 2 is 1.32 bits per heavy atom. The van der Waals surface area contributed by atoms with Crippen LogP contribution < -0.4 is 10.6 Å². The molecule has 0 fully saturated rings. The molecule has 2 rings (SSSR count). The topological polar surface area (TPSA) is 89.2 Å². The summed E-state index contributed by atoms with van der Waals surface area (Å²) >= 11 is 3.32.